The van der Waals surface area contributed by atoms with E-state index in [1.807, 2.05) is 13.0 Å². The second-order valence-electron chi connectivity index (χ2n) is 5.49. The summed E-state index contributed by atoms with van der Waals surface area (Å²) in [6.07, 6.45) is 2.91. The van der Waals surface area contributed by atoms with Crippen molar-refractivity contribution in [3.8, 4) is 0 Å². The Bertz CT molecular complexity index is 550. The number of nitrogens with one attached hydrogen (secondary N) is 1. The summed E-state index contributed by atoms with van der Waals surface area (Å²) in [6, 6.07) is 8.21. The first-order chi connectivity index (χ1) is 10.2. The predicted molar refractivity (Wildman–Crippen MR) is 84.9 cm³/mol. The first kappa shape index (κ1) is 15.7. The van der Waals surface area contributed by atoms with Crippen LogP contribution >= 0.6 is 0 Å². The van der Waals surface area contributed by atoms with Gasteiger partial charge in [0.2, 0.25) is 0 Å². The Labute approximate surface area is 127 Å². The molecule has 0 bridgehead atoms. The molecular formula is C17H25N3O. The second kappa shape index (κ2) is 7.96. The largest absolute Gasteiger partial charge is 0.468 e. The third-order valence-electron chi connectivity index (χ3n) is 3.37. The molecule has 0 aromatic carbocycles. The number of furan rings is 1. The van der Waals surface area contributed by atoms with Gasteiger partial charge in [-0.1, -0.05) is 13.0 Å². The molecule has 2 rings (SSSR count). The SMILES string of the molecule is CCCNCc1occc1CN(C)Cc1cccc(C)n1. The van der Waals surface area contributed by atoms with Crippen molar-refractivity contribution in [1.29, 1.82) is 0 Å². The van der Waals surface area contributed by atoms with Crippen molar-refractivity contribution in [2.45, 2.75) is 39.9 Å². The standard InChI is InChI=1S/C17H25N3O/c1-4-9-18-11-17-15(8-10-21-17)12-20(3)13-16-7-5-6-14(2)19-16/h5-8,10,18H,4,9,11-13H2,1-3H3. The van der Waals surface area contributed by atoms with Gasteiger partial charge in [-0.25, -0.2) is 0 Å². The van der Waals surface area contributed by atoms with Gasteiger partial charge in [0, 0.05) is 24.3 Å². The van der Waals surface area contributed by atoms with E-state index in [4.69, 9.17) is 4.42 Å². The Morgan fingerprint density at radius 3 is 2.86 bits per heavy atom. The van der Waals surface area contributed by atoms with Crippen LogP contribution in [0.5, 0.6) is 0 Å². The van der Waals surface area contributed by atoms with E-state index in [1.165, 1.54) is 5.56 Å². The van der Waals surface area contributed by atoms with Crippen LogP contribution in [0, 0.1) is 6.92 Å². The molecule has 0 saturated carbocycles. The summed E-state index contributed by atoms with van der Waals surface area (Å²) < 4.78 is 5.58. The molecule has 0 spiro atoms. The van der Waals surface area contributed by atoms with Crippen molar-refractivity contribution in [2.75, 3.05) is 13.6 Å². The van der Waals surface area contributed by atoms with Crippen LogP contribution in [0.15, 0.2) is 34.9 Å². The van der Waals surface area contributed by atoms with Crippen LogP contribution in [0.1, 0.15) is 36.1 Å². The topological polar surface area (TPSA) is 41.3 Å². The Kier molecular flexibility index (Phi) is 5.96. The van der Waals surface area contributed by atoms with Gasteiger partial charge in [0.25, 0.3) is 0 Å². The Hall–Kier alpha value is -1.65. The molecule has 0 atom stereocenters. The zero-order valence-corrected chi connectivity index (χ0v) is 13.2. The normalized spacial score (nSPS) is 11.2. The maximum atomic E-state index is 5.58. The van der Waals surface area contributed by atoms with E-state index in [0.717, 1.165) is 49.7 Å². The molecule has 1 N–H and O–H groups in total. The van der Waals surface area contributed by atoms with Gasteiger partial charge in [-0.2, -0.15) is 0 Å². The highest BCUT2D eigenvalue weighted by molar-refractivity contribution is 5.17. The zero-order chi connectivity index (χ0) is 15.1. The fraction of sp³-hybridized carbons (Fsp3) is 0.471. The van der Waals surface area contributed by atoms with Crippen molar-refractivity contribution in [3.05, 3.63) is 53.2 Å². The molecule has 0 unspecified atom stereocenters. The zero-order valence-electron chi connectivity index (χ0n) is 13.2. The van der Waals surface area contributed by atoms with Crippen LogP contribution in [-0.2, 0) is 19.6 Å². The molecule has 0 aliphatic carbocycles. The van der Waals surface area contributed by atoms with E-state index in [1.54, 1.807) is 6.26 Å². The maximum Gasteiger partial charge on any atom is 0.122 e. The lowest BCUT2D eigenvalue weighted by Crippen LogP contribution is -2.20. The Morgan fingerprint density at radius 1 is 1.24 bits per heavy atom. The summed E-state index contributed by atoms with van der Waals surface area (Å²) in [5, 5.41) is 3.38. The average Bonchev–Trinajstić information content (AvgIpc) is 2.86. The van der Waals surface area contributed by atoms with Gasteiger partial charge in [0.05, 0.1) is 18.5 Å². The number of nitrogens with zero attached hydrogens (tertiary/aromatic N) is 2. The van der Waals surface area contributed by atoms with Crippen molar-refractivity contribution in [3.63, 3.8) is 0 Å². The van der Waals surface area contributed by atoms with Crippen molar-refractivity contribution >= 4 is 0 Å². The summed E-state index contributed by atoms with van der Waals surface area (Å²) in [4.78, 5) is 6.81. The molecule has 2 aromatic rings. The third-order valence-corrected chi connectivity index (χ3v) is 3.37. The fourth-order valence-corrected chi connectivity index (χ4v) is 2.35. The van der Waals surface area contributed by atoms with E-state index >= 15 is 0 Å². The van der Waals surface area contributed by atoms with Gasteiger partial charge in [0.15, 0.2) is 0 Å². The third kappa shape index (κ3) is 4.99. The molecule has 2 heterocycles. The van der Waals surface area contributed by atoms with Gasteiger partial charge in [-0.05, 0) is 45.1 Å². The molecule has 114 valence electrons. The minimum atomic E-state index is 0.798. The summed E-state index contributed by atoms with van der Waals surface area (Å²) in [5.41, 5.74) is 3.41. The van der Waals surface area contributed by atoms with Gasteiger partial charge in [0.1, 0.15) is 5.76 Å². The molecule has 0 aliphatic rings. The summed E-state index contributed by atoms with van der Waals surface area (Å²) in [7, 11) is 2.11. The first-order valence-corrected chi connectivity index (χ1v) is 7.56. The molecular weight excluding hydrogens is 262 g/mol. The number of hydrogen-bond acceptors (Lipinski definition) is 4. The highest BCUT2D eigenvalue weighted by atomic mass is 16.3. The smallest absolute Gasteiger partial charge is 0.122 e. The van der Waals surface area contributed by atoms with E-state index in [2.05, 4.69) is 47.4 Å². The van der Waals surface area contributed by atoms with Crippen molar-refractivity contribution < 1.29 is 4.42 Å². The van der Waals surface area contributed by atoms with E-state index in [-0.39, 0.29) is 0 Å². The van der Waals surface area contributed by atoms with Gasteiger partial charge in [-0.3, -0.25) is 9.88 Å². The van der Waals surface area contributed by atoms with Crippen LogP contribution in [-0.4, -0.2) is 23.5 Å². The summed E-state index contributed by atoms with van der Waals surface area (Å²) in [5.74, 6) is 1.03. The molecule has 4 heteroatoms. The van der Waals surface area contributed by atoms with Gasteiger partial charge >= 0.3 is 0 Å². The minimum Gasteiger partial charge on any atom is -0.468 e. The quantitative estimate of drug-likeness (QED) is 0.757. The van der Waals surface area contributed by atoms with Crippen LogP contribution in [0.2, 0.25) is 0 Å². The fourth-order valence-electron chi connectivity index (χ4n) is 2.35. The number of pyridine rings is 1. The Morgan fingerprint density at radius 2 is 2.10 bits per heavy atom. The molecule has 21 heavy (non-hydrogen) atoms. The summed E-state index contributed by atoms with van der Waals surface area (Å²) >= 11 is 0. The lowest BCUT2D eigenvalue weighted by atomic mass is 10.2. The van der Waals surface area contributed by atoms with Gasteiger partial charge in [-0.15, -0.1) is 0 Å². The number of hydrogen-bond donors (Lipinski definition) is 1. The molecule has 0 fully saturated rings. The first-order valence-electron chi connectivity index (χ1n) is 7.56. The lowest BCUT2D eigenvalue weighted by molar-refractivity contribution is 0.310. The van der Waals surface area contributed by atoms with Crippen LogP contribution < -0.4 is 5.32 Å². The highest BCUT2D eigenvalue weighted by Gasteiger charge is 2.09. The predicted octanol–water partition coefficient (Wildman–Crippen LogP) is 3.11. The second-order valence-corrected chi connectivity index (χ2v) is 5.49. The number of aromatic nitrogens is 1. The lowest BCUT2D eigenvalue weighted by Gasteiger charge is -2.16. The molecule has 2 aromatic heterocycles. The molecule has 0 saturated heterocycles. The molecule has 4 nitrogen and oxygen atoms in total. The monoisotopic (exact) mass is 287 g/mol. The Balaban J connectivity index is 1.90. The maximum absolute atomic E-state index is 5.58. The number of rotatable bonds is 8. The molecule has 0 amide bonds. The van der Waals surface area contributed by atoms with Crippen LogP contribution in [0.25, 0.3) is 0 Å². The van der Waals surface area contributed by atoms with E-state index in [9.17, 15) is 0 Å². The van der Waals surface area contributed by atoms with Gasteiger partial charge < -0.3 is 9.73 Å². The minimum absolute atomic E-state index is 0.798. The van der Waals surface area contributed by atoms with Crippen LogP contribution in [0.3, 0.4) is 0 Å². The van der Waals surface area contributed by atoms with E-state index < -0.39 is 0 Å². The van der Waals surface area contributed by atoms with Crippen molar-refractivity contribution in [2.24, 2.45) is 0 Å². The van der Waals surface area contributed by atoms with Crippen LogP contribution in [0.4, 0.5) is 0 Å². The summed E-state index contributed by atoms with van der Waals surface area (Å²) in [6.45, 7) is 7.72. The highest BCUT2D eigenvalue weighted by Crippen LogP contribution is 2.14. The number of aryl methyl sites for hydroxylation is 1. The molecule has 0 radical (unpaired) electrons. The van der Waals surface area contributed by atoms with Crippen molar-refractivity contribution in [1.82, 2.24) is 15.2 Å². The average molecular weight is 287 g/mol. The van der Waals surface area contributed by atoms with E-state index in [0.29, 0.717) is 0 Å². The molecule has 0 aliphatic heterocycles.